The van der Waals surface area contributed by atoms with Crippen molar-refractivity contribution in [2.75, 3.05) is 26.3 Å². The lowest BCUT2D eigenvalue weighted by Gasteiger charge is -2.41. The van der Waals surface area contributed by atoms with Crippen molar-refractivity contribution in [3.05, 3.63) is 23.8 Å². The summed E-state index contributed by atoms with van der Waals surface area (Å²) in [6, 6.07) is 7.11. The molecule has 2 fully saturated rings. The van der Waals surface area contributed by atoms with Gasteiger partial charge in [-0.2, -0.15) is 5.26 Å². The highest BCUT2D eigenvalue weighted by atomic mass is 16.5. The summed E-state index contributed by atoms with van der Waals surface area (Å²) in [5, 5.41) is 9.00. The summed E-state index contributed by atoms with van der Waals surface area (Å²) < 4.78 is 11.2. The molecule has 1 heterocycles. The molecule has 25 heavy (non-hydrogen) atoms. The first-order chi connectivity index (χ1) is 12.2. The minimum Gasteiger partial charge on any atom is -0.490 e. The zero-order chi connectivity index (χ0) is 17.6. The Labute approximate surface area is 149 Å². The summed E-state index contributed by atoms with van der Waals surface area (Å²) >= 11 is 0. The van der Waals surface area contributed by atoms with Gasteiger partial charge in [0.2, 0.25) is 0 Å². The first-order valence-corrected chi connectivity index (χ1v) is 9.28. The molecule has 1 amide bonds. The number of carbonyl (C=O) groups is 1. The molecule has 5 heteroatoms. The minimum absolute atomic E-state index is 0.0172. The van der Waals surface area contributed by atoms with E-state index >= 15 is 0 Å². The molecule has 0 N–H and O–H groups in total. The smallest absolute Gasteiger partial charge is 0.260 e. The molecule has 2 aliphatic rings. The number of rotatable bonds is 5. The zero-order valence-electron chi connectivity index (χ0n) is 14.9. The summed E-state index contributed by atoms with van der Waals surface area (Å²) in [5.74, 6) is 2.54. The standard InChI is InChI=1S/C20H26N2O3/c1-2-24-19-11-15(12-21)7-8-18(19)25-14-20(23)22-10-9-16-5-3-4-6-17(16)13-22/h7-8,11,16-17H,2-6,9-10,13-14H2,1H3. The fourth-order valence-electron chi connectivity index (χ4n) is 4.02. The van der Waals surface area contributed by atoms with Crippen LogP contribution in [0.25, 0.3) is 0 Å². The van der Waals surface area contributed by atoms with Crippen molar-refractivity contribution in [1.82, 2.24) is 4.90 Å². The van der Waals surface area contributed by atoms with Crippen molar-refractivity contribution in [2.24, 2.45) is 11.8 Å². The number of nitriles is 1. The van der Waals surface area contributed by atoms with Gasteiger partial charge < -0.3 is 14.4 Å². The van der Waals surface area contributed by atoms with Gasteiger partial charge in [-0.1, -0.05) is 19.3 Å². The second-order valence-electron chi connectivity index (χ2n) is 6.93. The van der Waals surface area contributed by atoms with Crippen LogP contribution in [0.5, 0.6) is 11.5 Å². The highest BCUT2D eigenvalue weighted by Gasteiger charge is 2.32. The summed E-state index contributed by atoms with van der Waals surface area (Å²) in [5.41, 5.74) is 0.515. The van der Waals surface area contributed by atoms with E-state index in [-0.39, 0.29) is 12.5 Å². The Morgan fingerprint density at radius 1 is 1.20 bits per heavy atom. The quantitative estimate of drug-likeness (QED) is 0.823. The molecule has 0 radical (unpaired) electrons. The molecule has 2 atom stereocenters. The van der Waals surface area contributed by atoms with Gasteiger partial charge in [0.05, 0.1) is 18.2 Å². The van der Waals surface area contributed by atoms with E-state index in [1.54, 1.807) is 18.2 Å². The molecule has 1 aromatic carbocycles. The van der Waals surface area contributed by atoms with Gasteiger partial charge in [0.15, 0.2) is 18.1 Å². The van der Waals surface area contributed by atoms with Crippen LogP contribution in [0.1, 0.15) is 44.6 Å². The number of carbonyl (C=O) groups excluding carboxylic acids is 1. The lowest BCUT2D eigenvalue weighted by molar-refractivity contribution is -0.136. The van der Waals surface area contributed by atoms with Crippen LogP contribution in [0.4, 0.5) is 0 Å². The number of benzene rings is 1. The topological polar surface area (TPSA) is 62.6 Å². The maximum Gasteiger partial charge on any atom is 0.260 e. The van der Waals surface area contributed by atoms with E-state index in [4.69, 9.17) is 14.7 Å². The van der Waals surface area contributed by atoms with E-state index in [0.29, 0.717) is 29.6 Å². The van der Waals surface area contributed by atoms with Crippen LogP contribution in [0.3, 0.4) is 0 Å². The molecular weight excluding hydrogens is 316 g/mol. The molecule has 5 nitrogen and oxygen atoms in total. The van der Waals surface area contributed by atoms with Crippen molar-refractivity contribution in [2.45, 2.75) is 39.0 Å². The van der Waals surface area contributed by atoms with Gasteiger partial charge in [0, 0.05) is 19.2 Å². The fourth-order valence-corrected chi connectivity index (χ4v) is 4.02. The predicted molar refractivity (Wildman–Crippen MR) is 94.5 cm³/mol. The fraction of sp³-hybridized carbons (Fsp3) is 0.600. The number of hydrogen-bond acceptors (Lipinski definition) is 4. The van der Waals surface area contributed by atoms with E-state index in [1.807, 2.05) is 11.8 Å². The summed E-state index contributed by atoms with van der Waals surface area (Å²) in [6.07, 6.45) is 6.34. The van der Waals surface area contributed by atoms with Crippen molar-refractivity contribution in [3.8, 4) is 17.6 Å². The molecule has 1 aromatic rings. The third-order valence-electron chi connectivity index (χ3n) is 5.37. The van der Waals surface area contributed by atoms with E-state index in [1.165, 1.54) is 25.7 Å². The number of fused-ring (bicyclic) bond motifs is 1. The van der Waals surface area contributed by atoms with Gasteiger partial charge in [-0.3, -0.25) is 4.79 Å². The second-order valence-corrected chi connectivity index (χ2v) is 6.93. The molecule has 0 aromatic heterocycles. The molecule has 1 saturated heterocycles. The van der Waals surface area contributed by atoms with Gasteiger partial charge in [-0.05, 0) is 43.7 Å². The van der Waals surface area contributed by atoms with Crippen LogP contribution >= 0.6 is 0 Å². The van der Waals surface area contributed by atoms with Crippen molar-refractivity contribution in [1.29, 1.82) is 5.26 Å². The number of amides is 1. The van der Waals surface area contributed by atoms with Crippen molar-refractivity contribution < 1.29 is 14.3 Å². The van der Waals surface area contributed by atoms with Crippen LogP contribution < -0.4 is 9.47 Å². The SMILES string of the molecule is CCOc1cc(C#N)ccc1OCC(=O)N1CCC2CCCCC2C1. The minimum atomic E-state index is 0.0172. The number of nitrogens with zero attached hydrogens (tertiary/aromatic N) is 2. The van der Waals surface area contributed by atoms with Crippen molar-refractivity contribution >= 4 is 5.91 Å². The number of ether oxygens (including phenoxy) is 2. The van der Waals surface area contributed by atoms with Crippen LogP contribution in [-0.2, 0) is 4.79 Å². The van der Waals surface area contributed by atoms with Gasteiger partial charge in [0.1, 0.15) is 0 Å². The first kappa shape index (κ1) is 17.6. The number of likely N-dealkylation sites (tertiary alicyclic amines) is 1. The Kier molecular flexibility index (Phi) is 5.80. The lowest BCUT2D eigenvalue weighted by Crippen LogP contribution is -2.46. The van der Waals surface area contributed by atoms with Gasteiger partial charge in [0.25, 0.3) is 5.91 Å². The third kappa shape index (κ3) is 4.25. The van der Waals surface area contributed by atoms with Gasteiger partial charge in [-0.15, -0.1) is 0 Å². The first-order valence-electron chi connectivity index (χ1n) is 9.28. The second kappa shape index (κ2) is 8.24. The molecule has 1 aliphatic heterocycles. The number of piperidine rings is 1. The highest BCUT2D eigenvalue weighted by molar-refractivity contribution is 5.78. The monoisotopic (exact) mass is 342 g/mol. The summed E-state index contributed by atoms with van der Waals surface area (Å²) in [4.78, 5) is 14.5. The van der Waals surface area contributed by atoms with E-state index < -0.39 is 0 Å². The van der Waals surface area contributed by atoms with E-state index in [0.717, 1.165) is 25.4 Å². The average molecular weight is 342 g/mol. The Hall–Kier alpha value is -2.22. The maximum absolute atomic E-state index is 12.5. The molecule has 0 bridgehead atoms. The Bertz CT molecular complexity index is 653. The highest BCUT2D eigenvalue weighted by Crippen LogP contribution is 2.36. The lowest BCUT2D eigenvalue weighted by atomic mass is 9.75. The molecule has 3 rings (SSSR count). The van der Waals surface area contributed by atoms with Crippen LogP contribution in [0, 0.1) is 23.2 Å². The maximum atomic E-state index is 12.5. The van der Waals surface area contributed by atoms with Crippen LogP contribution in [0.2, 0.25) is 0 Å². The Balaban J connectivity index is 1.58. The molecule has 1 saturated carbocycles. The molecule has 134 valence electrons. The third-order valence-corrected chi connectivity index (χ3v) is 5.37. The van der Waals surface area contributed by atoms with Crippen LogP contribution in [-0.4, -0.2) is 37.1 Å². The van der Waals surface area contributed by atoms with Crippen LogP contribution in [0.15, 0.2) is 18.2 Å². The molecule has 0 spiro atoms. The van der Waals surface area contributed by atoms with Gasteiger partial charge >= 0.3 is 0 Å². The zero-order valence-corrected chi connectivity index (χ0v) is 14.9. The normalized spacial score (nSPS) is 22.6. The molecule has 2 unspecified atom stereocenters. The largest absolute Gasteiger partial charge is 0.490 e. The Morgan fingerprint density at radius 3 is 2.76 bits per heavy atom. The average Bonchev–Trinajstić information content (AvgIpc) is 2.66. The van der Waals surface area contributed by atoms with E-state index in [9.17, 15) is 4.79 Å². The summed E-state index contributed by atoms with van der Waals surface area (Å²) in [6.45, 7) is 4.09. The summed E-state index contributed by atoms with van der Waals surface area (Å²) in [7, 11) is 0. The molecular formula is C20H26N2O3. The Morgan fingerprint density at radius 2 is 2.00 bits per heavy atom. The molecule has 1 aliphatic carbocycles. The van der Waals surface area contributed by atoms with Gasteiger partial charge in [-0.25, -0.2) is 0 Å². The predicted octanol–water partition coefficient (Wildman–Crippen LogP) is 3.37. The van der Waals surface area contributed by atoms with E-state index in [2.05, 4.69) is 6.07 Å². The van der Waals surface area contributed by atoms with Crippen molar-refractivity contribution in [3.63, 3.8) is 0 Å². The number of hydrogen-bond donors (Lipinski definition) is 0.